The van der Waals surface area contributed by atoms with Crippen molar-refractivity contribution >= 4 is 39.5 Å². The zero-order chi connectivity index (χ0) is 76.0. The minimum absolute atomic E-state index is 0.0721. The summed E-state index contributed by atoms with van der Waals surface area (Å²) in [4.78, 5) is 73.0. The molecule has 0 fully saturated rings. The molecule has 3 N–H and O–H groups in total. The molecule has 0 saturated carbocycles. The highest BCUT2D eigenvalue weighted by Gasteiger charge is 2.30. The summed E-state index contributed by atoms with van der Waals surface area (Å²) in [5.74, 6) is -2.30. The quantitative estimate of drug-likeness (QED) is 0.0169. The van der Waals surface area contributed by atoms with Gasteiger partial charge in [0.1, 0.15) is 19.3 Å². The summed E-state index contributed by atoms with van der Waals surface area (Å²) in [5.41, 5.74) is 0. The lowest BCUT2D eigenvalue weighted by molar-refractivity contribution is -0.161. The monoisotopic (exact) mass is 1500 g/mol. The Morgan fingerprint density at radius 3 is 0.779 bits per heavy atom. The van der Waals surface area contributed by atoms with E-state index in [1.54, 1.807) is 0 Å². The zero-order valence-corrected chi connectivity index (χ0v) is 67.5. The van der Waals surface area contributed by atoms with Crippen LogP contribution >= 0.6 is 15.6 Å². The Kier molecular flexibility index (Phi) is 73.7. The van der Waals surface area contributed by atoms with Crippen LogP contribution in [-0.4, -0.2) is 96.7 Å². The van der Waals surface area contributed by atoms with Crippen LogP contribution in [0.1, 0.15) is 349 Å². The maximum atomic E-state index is 13.1. The third-order valence-electron chi connectivity index (χ3n) is 17.2. The number of allylic oxidation sites excluding steroid dienone is 18. The van der Waals surface area contributed by atoms with Gasteiger partial charge in [0.2, 0.25) is 0 Å². The first-order chi connectivity index (χ1) is 50.7. The number of aliphatic hydroxyl groups excluding tert-OH is 1. The van der Waals surface area contributed by atoms with Crippen molar-refractivity contribution in [2.45, 2.75) is 367 Å². The average molecular weight is 1500 g/mol. The highest BCUT2D eigenvalue weighted by atomic mass is 31.2. The van der Waals surface area contributed by atoms with E-state index in [0.29, 0.717) is 38.5 Å². The van der Waals surface area contributed by atoms with Crippen LogP contribution in [-0.2, 0) is 65.4 Å². The van der Waals surface area contributed by atoms with Crippen LogP contribution in [0.5, 0.6) is 0 Å². The van der Waals surface area contributed by atoms with E-state index >= 15 is 0 Å². The normalized spacial score (nSPS) is 14.4. The molecule has 0 amide bonds. The Hall–Kier alpha value is -4.28. The van der Waals surface area contributed by atoms with Crippen molar-refractivity contribution in [1.29, 1.82) is 0 Å². The fourth-order valence-corrected chi connectivity index (χ4v) is 12.5. The first-order valence-electron chi connectivity index (χ1n) is 41.1. The number of unbranched alkanes of at least 4 members (excludes halogenated alkanes) is 33. The average Bonchev–Trinajstić information content (AvgIpc) is 0.937. The topological polar surface area (TPSA) is 237 Å². The van der Waals surface area contributed by atoms with Gasteiger partial charge in [0.15, 0.2) is 12.2 Å². The van der Waals surface area contributed by atoms with Gasteiger partial charge in [0.25, 0.3) is 0 Å². The van der Waals surface area contributed by atoms with Gasteiger partial charge in [-0.25, -0.2) is 9.13 Å². The standard InChI is InChI=1S/C85H148O17P2/c1-5-9-13-17-21-25-29-33-37-39-43-45-49-53-57-61-65-69-82(87)95-75-80(101-84(89)71-67-63-59-55-51-47-41-35-31-27-23-19-15-11-7-3)77-99-103(91,92)97-73-79(86)74-98-104(93,94)100-78-81(102-85(90)72-68-64-60-56-52-48-42-36-32-28-24-20-16-12-8-4)76-96-83(88)70-66-62-58-54-50-46-44-40-38-34-30-26-22-18-14-10-6-2/h21-22,25-26,33-35,37-38,41,43-46,53-54,57-58,79-81,86H,5-20,23-24,27-32,36,39-40,42,47-52,55-56,59-78H2,1-4H3,(H,91,92)(H,93,94)/b25-21-,26-22-,37-33-,38-34-,41-35-,45-43-,46-44-,57-53-,58-54-/t79-,80-,81-/m1/s1. The second kappa shape index (κ2) is 76.9. The van der Waals surface area contributed by atoms with Gasteiger partial charge in [-0.05, 0) is 128 Å². The van der Waals surface area contributed by atoms with E-state index in [1.165, 1.54) is 141 Å². The lowest BCUT2D eigenvalue weighted by Crippen LogP contribution is -2.30. The molecule has 0 bridgehead atoms. The fraction of sp³-hybridized carbons (Fsp3) is 0.741. The van der Waals surface area contributed by atoms with Crippen LogP contribution in [0.25, 0.3) is 0 Å². The molecular formula is C85H148O17P2. The van der Waals surface area contributed by atoms with Gasteiger partial charge in [0, 0.05) is 25.7 Å². The number of hydrogen-bond acceptors (Lipinski definition) is 15. The zero-order valence-electron chi connectivity index (χ0n) is 65.7. The molecule has 5 atom stereocenters. The second-order valence-corrected chi connectivity index (χ2v) is 30.3. The molecule has 0 spiro atoms. The van der Waals surface area contributed by atoms with Gasteiger partial charge in [0.05, 0.1) is 26.4 Å². The molecule has 0 aromatic heterocycles. The second-order valence-electron chi connectivity index (χ2n) is 27.4. The summed E-state index contributed by atoms with van der Waals surface area (Å²) < 4.78 is 68.6. The summed E-state index contributed by atoms with van der Waals surface area (Å²) in [6.45, 7) is 4.73. The lowest BCUT2D eigenvalue weighted by atomic mass is 10.0. The van der Waals surface area contributed by atoms with E-state index < -0.39 is 97.5 Å². The maximum absolute atomic E-state index is 13.1. The molecule has 0 rings (SSSR count). The van der Waals surface area contributed by atoms with E-state index in [1.807, 2.05) is 24.3 Å². The SMILES string of the molecule is CCCCC/C=C\C/C=C\C/C=C\C/C=C\CCCC(=O)OC[C@H](COP(=O)(O)OC[C@@H](O)COP(=O)(O)OC[C@@H](COC(=O)CCC/C=C\C/C=C\C/C=C\C/C=C\CCCCC)OC(=O)CCCCCCCCCCCCCCCCC)OC(=O)CCCCCCC/C=C\CCCCCCCC. The molecule has 0 aliphatic rings. The van der Waals surface area contributed by atoms with Crippen LogP contribution in [0, 0.1) is 0 Å². The van der Waals surface area contributed by atoms with Crippen molar-refractivity contribution in [2.24, 2.45) is 0 Å². The van der Waals surface area contributed by atoms with Crippen LogP contribution in [0.15, 0.2) is 109 Å². The van der Waals surface area contributed by atoms with E-state index in [4.69, 9.17) is 37.0 Å². The minimum atomic E-state index is -4.99. The molecule has 0 aliphatic heterocycles. The Bertz CT molecular complexity index is 2390. The summed E-state index contributed by atoms with van der Waals surface area (Å²) >= 11 is 0. The van der Waals surface area contributed by atoms with E-state index in [2.05, 4.69) is 113 Å². The van der Waals surface area contributed by atoms with Gasteiger partial charge in [-0.2, -0.15) is 0 Å². The Morgan fingerprint density at radius 1 is 0.269 bits per heavy atom. The van der Waals surface area contributed by atoms with Gasteiger partial charge in [-0.1, -0.05) is 304 Å². The molecular weight excluding hydrogens is 1350 g/mol. The molecule has 2 unspecified atom stereocenters. The van der Waals surface area contributed by atoms with Gasteiger partial charge < -0.3 is 33.8 Å². The Morgan fingerprint density at radius 2 is 0.481 bits per heavy atom. The number of rotatable bonds is 77. The fourth-order valence-electron chi connectivity index (χ4n) is 10.9. The maximum Gasteiger partial charge on any atom is 0.472 e. The van der Waals surface area contributed by atoms with E-state index in [-0.39, 0.29) is 25.7 Å². The highest BCUT2D eigenvalue weighted by Crippen LogP contribution is 2.45. The van der Waals surface area contributed by atoms with E-state index in [0.717, 1.165) is 116 Å². The predicted molar refractivity (Wildman–Crippen MR) is 427 cm³/mol. The molecule has 0 saturated heterocycles. The van der Waals surface area contributed by atoms with E-state index in [9.17, 15) is 43.2 Å². The third kappa shape index (κ3) is 75.9. The largest absolute Gasteiger partial charge is 0.472 e. The predicted octanol–water partition coefficient (Wildman–Crippen LogP) is 24.1. The van der Waals surface area contributed by atoms with Gasteiger partial charge in [-0.15, -0.1) is 0 Å². The molecule has 600 valence electrons. The molecule has 104 heavy (non-hydrogen) atoms. The van der Waals surface area contributed by atoms with Crippen LogP contribution < -0.4 is 0 Å². The lowest BCUT2D eigenvalue weighted by Gasteiger charge is -2.21. The highest BCUT2D eigenvalue weighted by molar-refractivity contribution is 7.47. The number of phosphoric acid groups is 2. The summed E-state index contributed by atoms with van der Waals surface area (Å²) in [5, 5.41) is 10.6. The number of phosphoric ester groups is 2. The summed E-state index contributed by atoms with van der Waals surface area (Å²) in [7, 11) is -9.99. The molecule has 0 aromatic carbocycles. The Labute approximate surface area is 632 Å². The first kappa shape index (κ1) is 99.7. The van der Waals surface area contributed by atoms with Crippen LogP contribution in [0.4, 0.5) is 0 Å². The molecule has 19 heteroatoms. The van der Waals surface area contributed by atoms with Crippen molar-refractivity contribution < 1.29 is 80.2 Å². The Balaban J connectivity index is 5.45. The summed E-state index contributed by atoms with van der Waals surface area (Å²) in [6.07, 6.45) is 83.6. The van der Waals surface area contributed by atoms with Gasteiger partial charge >= 0.3 is 39.5 Å². The van der Waals surface area contributed by atoms with Crippen molar-refractivity contribution in [1.82, 2.24) is 0 Å². The van der Waals surface area contributed by atoms with Crippen LogP contribution in [0.2, 0.25) is 0 Å². The molecule has 0 aliphatic carbocycles. The number of aliphatic hydroxyl groups is 1. The van der Waals surface area contributed by atoms with Gasteiger partial charge in [-0.3, -0.25) is 37.3 Å². The number of esters is 4. The number of carbonyl (C=O) groups is 4. The van der Waals surface area contributed by atoms with Crippen LogP contribution in [0.3, 0.4) is 0 Å². The molecule has 17 nitrogen and oxygen atoms in total. The number of hydrogen-bond donors (Lipinski definition) is 3. The number of carbonyl (C=O) groups excluding carboxylic acids is 4. The number of ether oxygens (including phenoxy) is 4. The third-order valence-corrected chi connectivity index (χ3v) is 19.1. The summed E-state index contributed by atoms with van der Waals surface area (Å²) in [6, 6.07) is 0. The first-order valence-corrected chi connectivity index (χ1v) is 44.1. The van der Waals surface area contributed by atoms with Crippen molar-refractivity contribution in [2.75, 3.05) is 39.6 Å². The smallest absolute Gasteiger partial charge is 0.462 e. The molecule has 0 heterocycles. The van der Waals surface area contributed by atoms with Crippen molar-refractivity contribution in [3.8, 4) is 0 Å². The minimum Gasteiger partial charge on any atom is -0.462 e. The molecule has 0 aromatic rings. The van der Waals surface area contributed by atoms with Crippen molar-refractivity contribution in [3.05, 3.63) is 109 Å². The molecule has 0 radical (unpaired) electrons. The van der Waals surface area contributed by atoms with Crippen molar-refractivity contribution in [3.63, 3.8) is 0 Å².